The van der Waals surface area contributed by atoms with Crippen molar-refractivity contribution < 1.29 is 9.53 Å². The van der Waals surface area contributed by atoms with Crippen LogP contribution in [0.1, 0.15) is 13.3 Å². The average molecular weight is 223 g/mol. The second-order valence-corrected chi connectivity index (χ2v) is 4.35. The van der Waals surface area contributed by atoms with Crippen molar-refractivity contribution in [3.8, 4) is 6.07 Å². The first-order valence-corrected chi connectivity index (χ1v) is 5.76. The highest BCUT2D eigenvalue weighted by atomic mass is 16.5. The van der Waals surface area contributed by atoms with Crippen LogP contribution in [-0.2, 0) is 9.53 Å². The summed E-state index contributed by atoms with van der Waals surface area (Å²) in [7, 11) is 0. The fourth-order valence-electron chi connectivity index (χ4n) is 2.35. The predicted octanol–water partition coefficient (Wildman–Crippen LogP) is -0.265. The normalized spacial score (nSPS) is 34.8. The highest BCUT2D eigenvalue weighted by molar-refractivity contribution is 5.80. The number of hydrogen-bond donors (Lipinski definition) is 1. The summed E-state index contributed by atoms with van der Waals surface area (Å²) in [5.74, 6) is 0.0204. The first-order valence-electron chi connectivity index (χ1n) is 5.76. The molecule has 1 amide bonds. The summed E-state index contributed by atoms with van der Waals surface area (Å²) in [6.45, 7) is 4.55. The zero-order valence-corrected chi connectivity index (χ0v) is 9.48. The molecule has 0 aromatic rings. The minimum Gasteiger partial charge on any atom is -0.378 e. The van der Waals surface area contributed by atoms with Crippen LogP contribution in [0, 0.1) is 17.2 Å². The minimum absolute atomic E-state index is 0.0123. The summed E-state index contributed by atoms with van der Waals surface area (Å²) in [5.41, 5.74) is 0. The third-order valence-corrected chi connectivity index (χ3v) is 3.37. The van der Waals surface area contributed by atoms with Crippen LogP contribution >= 0.6 is 0 Å². The molecule has 0 radical (unpaired) electrons. The molecule has 0 saturated carbocycles. The van der Waals surface area contributed by atoms with Gasteiger partial charge in [-0.25, -0.2) is 0 Å². The lowest BCUT2D eigenvalue weighted by molar-refractivity contribution is -0.139. The molecule has 2 rings (SSSR count). The van der Waals surface area contributed by atoms with Crippen molar-refractivity contribution in [1.82, 2.24) is 10.2 Å². The minimum atomic E-state index is -0.325. The van der Waals surface area contributed by atoms with Crippen LogP contribution in [0.4, 0.5) is 0 Å². The molecule has 2 aliphatic heterocycles. The van der Waals surface area contributed by atoms with Crippen LogP contribution in [0.5, 0.6) is 0 Å². The first-order chi connectivity index (χ1) is 7.74. The van der Waals surface area contributed by atoms with Gasteiger partial charge in [0, 0.05) is 26.2 Å². The monoisotopic (exact) mass is 223 g/mol. The summed E-state index contributed by atoms with van der Waals surface area (Å²) >= 11 is 0. The molecule has 1 N–H and O–H groups in total. The fourth-order valence-corrected chi connectivity index (χ4v) is 2.35. The van der Waals surface area contributed by atoms with Gasteiger partial charge in [0.15, 0.2) is 0 Å². The van der Waals surface area contributed by atoms with Crippen molar-refractivity contribution in [1.29, 1.82) is 5.26 Å². The van der Waals surface area contributed by atoms with Gasteiger partial charge in [-0.05, 0) is 13.3 Å². The van der Waals surface area contributed by atoms with E-state index in [1.807, 2.05) is 6.92 Å². The van der Waals surface area contributed by atoms with Crippen molar-refractivity contribution in [2.75, 3.05) is 26.2 Å². The Morgan fingerprint density at radius 1 is 1.62 bits per heavy atom. The number of piperazine rings is 1. The molecule has 3 unspecified atom stereocenters. The smallest absolute Gasteiger partial charge is 0.229 e. The van der Waals surface area contributed by atoms with Gasteiger partial charge in [-0.2, -0.15) is 5.26 Å². The second kappa shape index (κ2) is 4.81. The molecule has 0 aromatic heterocycles. The zero-order chi connectivity index (χ0) is 11.5. The number of amides is 1. The van der Waals surface area contributed by atoms with Gasteiger partial charge in [0.05, 0.1) is 18.1 Å². The Morgan fingerprint density at radius 2 is 2.44 bits per heavy atom. The number of carbonyl (C=O) groups is 1. The van der Waals surface area contributed by atoms with E-state index in [0.717, 1.165) is 13.0 Å². The summed E-state index contributed by atoms with van der Waals surface area (Å²) in [5, 5.41) is 12.1. The van der Waals surface area contributed by atoms with Gasteiger partial charge >= 0.3 is 0 Å². The third-order valence-electron chi connectivity index (χ3n) is 3.37. The van der Waals surface area contributed by atoms with E-state index < -0.39 is 0 Å². The summed E-state index contributed by atoms with van der Waals surface area (Å²) in [6.07, 6.45) is 0.768. The van der Waals surface area contributed by atoms with Gasteiger partial charge in [-0.3, -0.25) is 4.79 Å². The van der Waals surface area contributed by atoms with Crippen LogP contribution in [0.15, 0.2) is 0 Å². The highest BCUT2D eigenvalue weighted by Gasteiger charge is 2.37. The molecule has 0 bridgehead atoms. The van der Waals surface area contributed by atoms with Crippen LogP contribution in [0.2, 0.25) is 0 Å². The topological polar surface area (TPSA) is 65.4 Å². The van der Waals surface area contributed by atoms with Gasteiger partial charge in [-0.1, -0.05) is 0 Å². The van der Waals surface area contributed by atoms with Gasteiger partial charge in [0.2, 0.25) is 5.91 Å². The lowest BCUT2D eigenvalue weighted by Gasteiger charge is -2.34. The Hall–Kier alpha value is -1.12. The Balaban J connectivity index is 2.05. The summed E-state index contributed by atoms with van der Waals surface area (Å²) < 4.78 is 5.40. The van der Waals surface area contributed by atoms with Gasteiger partial charge in [0.1, 0.15) is 6.04 Å². The quantitative estimate of drug-likeness (QED) is 0.665. The average Bonchev–Trinajstić information content (AvgIpc) is 2.74. The van der Waals surface area contributed by atoms with Crippen molar-refractivity contribution in [2.45, 2.75) is 25.5 Å². The number of nitrogens with zero attached hydrogens (tertiary/aromatic N) is 2. The van der Waals surface area contributed by atoms with Crippen molar-refractivity contribution in [3.05, 3.63) is 0 Å². The molecule has 88 valence electrons. The second-order valence-electron chi connectivity index (χ2n) is 4.35. The molecule has 5 nitrogen and oxygen atoms in total. The number of ether oxygens (including phenoxy) is 1. The van der Waals surface area contributed by atoms with E-state index >= 15 is 0 Å². The Labute approximate surface area is 95.4 Å². The van der Waals surface area contributed by atoms with E-state index in [1.54, 1.807) is 4.90 Å². The Kier molecular flexibility index (Phi) is 3.42. The summed E-state index contributed by atoms with van der Waals surface area (Å²) in [6, 6.07) is 1.85. The van der Waals surface area contributed by atoms with Gasteiger partial charge in [-0.15, -0.1) is 0 Å². The Morgan fingerprint density at radius 3 is 3.06 bits per heavy atom. The maximum Gasteiger partial charge on any atom is 0.229 e. The molecule has 2 saturated heterocycles. The van der Waals surface area contributed by atoms with E-state index in [-0.39, 0.29) is 24.0 Å². The number of hydrogen-bond acceptors (Lipinski definition) is 4. The maximum atomic E-state index is 12.2. The van der Waals surface area contributed by atoms with E-state index in [0.29, 0.717) is 19.7 Å². The van der Waals surface area contributed by atoms with E-state index in [2.05, 4.69) is 11.4 Å². The van der Waals surface area contributed by atoms with Crippen LogP contribution < -0.4 is 5.32 Å². The van der Waals surface area contributed by atoms with Crippen LogP contribution in [-0.4, -0.2) is 49.2 Å². The van der Waals surface area contributed by atoms with E-state index in [9.17, 15) is 4.79 Å². The van der Waals surface area contributed by atoms with Crippen molar-refractivity contribution in [3.63, 3.8) is 0 Å². The van der Waals surface area contributed by atoms with E-state index in [1.165, 1.54) is 0 Å². The predicted molar refractivity (Wildman–Crippen MR) is 57.5 cm³/mol. The molecular formula is C11H17N3O2. The molecule has 2 fully saturated rings. The SMILES string of the molecule is CC1OCCC1C(=O)N1CCNCC1C#N. The zero-order valence-electron chi connectivity index (χ0n) is 9.48. The number of nitriles is 1. The molecule has 5 heteroatoms. The highest BCUT2D eigenvalue weighted by Crippen LogP contribution is 2.23. The molecule has 2 aliphatic rings. The summed E-state index contributed by atoms with van der Waals surface area (Å²) in [4.78, 5) is 13.9. The fraction of sp³-hybridized carbons (Fsp3) is 0.818. The molecule has 3 atom stereocenters. The van der Waals surface area contributed by atoms with Crippen molar-refractivity contribution in [2.24, 2.45) is 5.92 Å². The lowest BCUT2D eigenvalue weighted by Crippen LogP contribution is -2.55. The number of rotatable bonds is 1. The molecule has 0 spiro atoms. The van der Waals surface area contributed by atoms with Crippen LogP contribution in [0.3, 0.4) is 0 Å². The molecular weight excluding hydrogens is 206 g/mol. The number of carbonyl (C=O) groups excluding carboxylic acids is 1. The lowest BCUT2D eigenvalue weighted by atomic mass is 9.99. The first kappa shape index (κ1) is 11.4. The van der Waals surface area contributed by atoms with Gasteiger partial charge in [0.25, 0.3) is 0 Å². The van der Waals surface area contributed by atoms with Crippen LogP contribution in [0.25, 0.3) is 0 Å². The standard InChI is InChI=1S/C11H17N3O2/c1-8-10(2-5-16-8)11(15)14-4-3-13-7-9(14)6-12/h8-10,13H,2-5,7H2,1H3. The maximum absolute atomic E-state index is 12.2. The molecule has 0 aromatic carbocycles. The third kappa shape index (κ3) is 2.04. The molecule has 16 heavy (non-hydrogen) atoms. The van der Waals surface area contributed by atoms with Crippen molar-refractivity contribution >= 4 is 5.91 Å². The number of nitrogens with one attached hydrogen (secondary N) is 1. The molecule has 2 heterocycles. The van der Waals surface area contributed by atoms with Gasteiger partial charge < -0.3 is 15.0 Å². The molecule has 0 aliphatic carbocycles. The Bertz CT molecular complexity index is 313. The largest absolute Gasteiger partial charge is 0.378 e. The van der Waals surface area contributed by atoms with E-state index in [4.69, 9.17) is 10.00 Å².